The van der Waals surface area contributed by atoms with Crippen molar-refractivity contribution >= 4 is 21.6 Å². The average Bonchev–Trinajstić information content (AvgIpc) is 2.74. The molecular weight excluding hydrogens is 394 g/mol. The first-order chi connectivity index (χ1) is 13.8. The van der Waals surface area contributed by atoms with Crippen LogP contribution in [-0.2, 0) is 10.0 Å². The standard InChI is InChI=1S/C20H25N3O5S/c1-22-10-12-23(13-11-22)29(25,26)17-7-4-15(5-8-17)20(24)21-18-9-6-16(27-2)14-19(18)28-3/h4-9,14H,10-13H2,1-3H3,(H,21,24). The summed E-state index contributed by atoms with van der Waals surface area (Å²) in [5.41, 5.74) is 0.840. The molecule has 0 bridgehead atoms. The maximum Gasteiger partial charge on any atom is 0.255 e. The molecule has 3 rings (SSSR count). The molecule has 0 unspecified atom stereocenters. The highest BCUT2D eigenvalue weighted by atomic mass is 32.2. The Balaban J connectivity index is 1.74. The van der Waals surface area contributed by atoms with Crippen LogP contribution >= 0.6 is 0 Å². The van der Waals surface area contributed by atoms with E-state index in [0.29, 0.717) is 48.9 Å². The van der Waals surface area contributed by atoms with Gasteiger partial charge in [0.05, 0.1) is 24.8 Å². The summed E-state index contributed by atoms with van der Waals surface area (Å²) < 4.78 is 37.5. The third kappa shape index (κ3) is 4.69. The van der Waals surface area contributed by atoms with E-state index in [2.05, 4.69) is 10.2 Å². The van der Waals surface area contributed by atoms with E-state index >= 15 is 0 Å². The van der Waals surface area contributed by atoms with E-state index in [1.54, 1.807) is 25.3 Å². The van der Waals surface area contributed by atoms with Gasteiger partial charge in [-0.15, -0.1) is 0 Å². The first kappa shape index (κ1) is 21.1. The molecular formula is C20H25N3O5S. The molecule has 1 heterocycles. The number of methoxy groups -OCH3 is 2. The molecule has 0 saturated carbocycles. The van der Waals surface area contributed by atoms with E-state index in [4.69, 9.17) is 9.47 Å². The number of sulfonamides is 1. The van der Waals surface area contributed by atoms with E-state index < -0.39 is 10.0 Å². The van der Waals surface area contributed by atoms with Gasteiger partial charge >= 0.3 is 0 Å². The molecule has 0 atom stereocenters. The second-order valence-electron chi connectivity index (χ2n) is 6.75. The summed E-state index contributed by atoms with van der Waals surface area (Å²) >= 11 is 0. The van der Waals surface area contributed by atoms with E-state index in [1.165, 1.54) is 35.7 Å². The number of ether oxygens (including phenoxy) is 2. The summed E-state index contributed by atoms with van der Waals surface area (Å²) in [6.45, 7) is 2.31. The van der Waals surface area contributed by atoms with Crippen LogP contribution in [0.5, 0.6) is 11.5 Å². The van der Waals surface area contributed by atoms with E-state index in [0.717, 1.165) is 0 Å². The highest BCUT2D eigenvalue weighted by molar-refractivity contribution is 7.89. The lowest BCUT2D eigenvalue weighted by molar-refractivity contribution is 0.102. The monoisotopic (exact) mass is 419 g/mol. The van der Waals surface area contributed by atoms with Gasteiger partial charge in [-0.2, -0.15) is 4.31 Å². The molecule has 156 valence electrons. The minimum atomic E-state index is -3.56. The zero-order valence-corrected chi connectivity index (χ0v) is 17.5. The fourth-order valence-electron chi connectivity index (χ4n) is 3.05. The first-order valence-electron chi connectivity index (χ1n) is 9.17. The third-order valence-electron chi connectivity index (χ3n) is 4.87. The number of anilines is 1. The van der Waals surface area contributed by atoms with Crippen molar-refractivity contribution in [2.45, 2.75) is 4.90 Å². The van der Waals surface area contributed by atoms with Crippen LogP contribution in [0.2, 0.25) is 0 Å². The molecule has 29 heavy (non-hydrogen) atoms. The maximum atomic E-state index is 12.8. The molecule has 0 aromatic heterocycles. The molecule has 1 amide bonds. The average molecular weight is 420 g/mol. The number of rotatable bonds is 6. The fraction of sp³-hybridized carbons (Fsp3) is 0.350. The van der Waals surface area contributed by atoms with Gasteiger partial charge in [-0.1, -0.05) is 0 Å². The maximum absolute atomic E-state index is 12.8. The van der Waals surface area contributed by atoms with Gasteiger partial charge in [-0.05, 0) is 43.4 Å². The second-order valence-corrected chi connectivity index (χ2v) is 8.69. The van der Waals surface area contributed by atoms with Crippen molar-refractivity contribution in [2.24, 2.45) is 0 Å². The number of carbonyl (C=O) groups is 1. The Kier molecular flexibility index (Phi) is 6.41. The number of nitrogens with zero attached hydrogens (tertiary/aromatic N) is 2. The Morgan fingerprint density at radius 2 is 1.62 bits per heavy atom. The summed E-state index contributed by atoms with van der Waals surface area (Å²) in [7, 11) is 1.45. The molecule has 1 N–H and O–H groups in total. The molecule has 2 aromatic carbocycles. The van der Waals surface area contributed by atoms with Crippen LogP contribution in [0.15, 0.2) is 47.4 Å². The van der Waals surface area contributed by atoms with Gasteiger partial charge in [0.15, 0.2) is 0 Å². The number of piperazine rings is 1. The minimum Gasteiger partial charge on any atom is -0.497 e. The van der Waals surface area contributed by atoms with Crippen molar-refractivity contribution in [3.63, 3.8) is 0 Å². The number of carbonyl (C=O) groups excluding carboxylic acids is 1. The van der Waals surface area contributed by atoms with Gasteiger partial charge < -0.3 is 19.7 Å². The quantitative estimate of drug-likeness (QED) is 0.769. The van der Waals surface area contributed by atoms with Crippen LogP contribution < -0.4 is 14.8 Å². The summed E-state index contributed by atoms with van der Waals surface area (Å²) in [4.78, 5) is 14.8. The number of hydrogen-bond donors (Lipinski definition) is 1. The summed E-state index contributed by atoms with van der Waals surface area (Å²) in [6.07, 6.45) is 0. The predicted molar refractivity (Wildman–Crippen MR) is 110 cm³/mol. The molecule has 0 aliphatic carbocycles. The molecule has 0 spiro atoms. The second kappa shape index (κ2) is 8.81. The van der Waals surface area contributed by atoms with Gasteiger partial charge in [-0.3, -0.25) is 4.79 Å². The zero-order valence-electron chi connectivity index (χ0n) is 16.7. The van der Waals surface area contributed by atoms with Crippen LogP contribution in [0, 0.1) is 0 Å². The molecule has 1 fully saturated rings. The van der Waals surface area contributed by atoms with Crippen molar-refractivity contribution in [1.29, 1.82) is 0 Å². The smallest absolute Gasteiger partial charge is 0.255 e. The first-order valence-corrected chi connectivity index (χ1v) is 10.6. The molecule has 8 nitrogen and oxygen atoms in total. The predicted octanol–water partition coefficient (Wildman–Crippen LogP) is 1.89. The van der Waals surface area contributed by atoms with E-state index in [-0.39, 0.29) is 10.8 Å². The molecule has 1 saturated heterocycles. The topological polar surface area (TPSA) is 88.2 Å². The summed E-state index contributed by atoms with van der Waals surface area (Å²) in [5.74, 6) is 0.710. The van der Waals surface area contributed by atoms with Gasteiger partial charge in [0.1, 0.15) is 11.5 Å². The SMILES string of the molecule is COc1ccc(NC(=O)c2ccc(S(=O)(=O)N3CCN(C)CC3)cc2)c(OC)c1. The van der Waals surface area contributed by atoms with Gasteiger partial charge in [0, 0.05) is 37.8 Å². The summed E-state index contributed by atoms with van der Waals surface area (Å²) in [6, 6.07) is 11.0. The Morgan fingerprint density at radius 3 is 2.21 bits per heavy atom. The minimum absolute atomic E-state index is 0.181. The van der Waals surface area contributed by atoms with Crippen LogP contribution in [0.4, 0.5) is 5.69 Å². The van der Waals surface area contributed by atoms with Gasteiger partial charge in [-0.25, -0.2) is 8.42 Å². The van der Waals surface area contributed by atoms with Gasteiger partial charge in [0.2, 0.25) is 10.0 Å². The Bertz CT molecular complexity index is 968. The lowest BCUT2D eigenvalue weighted by Crippen LogP contribution is -2.47. The Labute approximate surface area is 171 Å². The number of hydrogen-bond acceptors (Lipinski definition) is 6. The van der Waals surface area contributed by atoms with Gasteiger partial charge in [0.25, 0.3) is 5.91 Å². The van der Waals surface area contributed by atoms with Crippen molar-refractivity contribution in [1.82, 2.24) is 9.21 Å². The van der Waals surface area contributed by atoms with E-state index in [1.807, 2.05) is 7.05 Å². The largest absolute Gasteiger partial charge is 0.497 e. The molecule has 2 aromatic rings. The number of nitrogens with one attached hydrogen (secondary N) is 1. The van der Waals surface area contributed by atoms with Crippen LogP contribution in [0.1, 0.15) is 10.4 Å². The van der Waals surface area contributed by atoms with Crippen molar-refractivity contribution < 1.29 is 22.7 Å². The van der Waals surface area contributed by atoms with Crippen molar-refractivity contribution in [3.05, 3.63) is 48.0 Å². The molecule has 9 heteroatoms. The molecule has 1 aliphatic heterocycles. The molecule has 1 aliphatic rings. The highest BCUT2D eigenvalue weighted by Crippen LogP contribution is 2.29. The number of benzene rings is 2. The Hall–Kier alpha value is -2.62. The molecule has 0 radical (unpaired) electrons. The van der Waals surface area contributed by atoms with Crippen LogP contribution in [0.25, 0.3) is 0 Å². The highest BCUT2D eigenvalue weighted by Gasteiger charge is 2.27. The lowest BCUT2D eigenvalue weighted by Gasteiger charge is -2.31. The summed E-state index contributed by atoms with van der Waals surface area (Å²) in [5, 5.41) is 2.77. The number of likely N-dealkylation sites (N-methyl/N-ethyl adjacent to an activating group) is 1. The fourth-order valence-corrected chi connectivity index (χ4v) is 4.47. The van der Waals surface area contributed by atoms with Crippen molar-refractivity contribution in [2.75, 3.05) is 52.8 Å². The normalized spacial score (nSPS) is 15.7. The zero-order chi connectivity index (χ0) is 21.0. The van der Waals surface area contributed by atoms with E-state index in [9.17, 15) is 13.2 Å². The van der Waals surface area contributed by atoms with Crippen molar-refractivity contribution in [3.8, 4) is 11.5 Å². The van der Waals surface area contributed by atoms with Crippen LogP contribution in [0.3, 0.4) is 0 Å². The lowest BCUT2D eigenvalue weighted by atomic mass is 10.2. The number of amides is 1. The Morgan fingerprint density at radius 1 is 0.966 bits per heavy atom. The van der Waals surface area contributed by atoms with Crippen LogP contribution in [-0.4, -0.2) is 71.0 Å². The third-order valence-corrected chi connectivity index (χ3v) is 6.79.